The van der Waals surface area contributed by atoms with E-state index < -0.39 is 0 Å². The normalized spacial score (nSPS) is 13.0. The van der Waals surface area contributed by atoms with E-state index in [4.69, 9.17) is 11.6 Å². The zero-order valence-electron chi connectivity index (χ0n) is 12.1. The second-order valence-corrected chi connectivity index (χ2v) is 6.01. The lowest BCUT2D eigenvalue weighted by molar-refractivity contribution is 0.388. The molecule has 0 spiro atoms. The summed E-state index contributed by atoms with van der Waals surface area (Å²) in [6.45, 7) is 10.9. The molecule has 18 heavy (non-hydrogen) atoms. The third-order valence-electron chi connectivity index (χ3n) is 3.20. The van der Waals surface area contributed by atoms with E-state index in [2.05, 4.69) is 51.2 Å². The minimum Gasteiger partial charge on any atom is -0.317 e. The van der Waals surface area contributed by atoms with Crippen molar-refractivity contribution in [2.24, 2.45) is 11.8 Å². The van der Waals surface area contributed by atoms with Crippen molar-refractivity contribution in [2.75, 3.05) is 13.1 Å². The molecule has 0 aliphatic rings. The van der Waals surface area contributed by atoms with Gasteiger partial charge in [-0.25, -0.2) is 0 Å². The zero-order chi connectivity index (χ0) is 13.5. The van der Waals surface area contributed by atoms with Gasteiger partial charge in [0.2, 0.25) is 0 Å². The molecule has 0 radical (unpaired) electrons. The van der Waals surface area contributed by atoms with E-state index in [0.717, 1.165) is 30.5 Å². The Labute approximate surface area is 117 Å². The van der Waals surface area contributed by atoms with Gasteiger partial charge in [-0.15, -0.1) is 0 Å². The summed E-state index contributed by atoms with van der Waals surface area (Å²) < 4.78 is 0. The van der Waals surface area contributed by atoms with Crippen LogP contribution < -0.4 is 5.32 Å². The minimum atomic E-state index is 0.671. The van der Waals surface area contributed by atoms with E-state index in [1.807, 2.05) is 0 Å². The lowest BCUT2D eigenvalue weighted by Gasteiger charge is -2.20. The Bertz CT molecular complexity index is 360. The van der Waals surface area contributed by atoms with E-state index in [9.17, 15) is 0 Å². The van der Waals surface area contributed by atoms with Crippen LogP contribution in [0.4, 0.5) is 0 Å². The number of benzene rings is 1. The van der Waals surface area contributed by atoms with Crippen molar-refractivity contribution < 1.29 is 0 Å². The fraction of sp³-hybridized carbons (Fsp3) is 0.625. The van der Waals surface area contributed by atoms with Crippen molar-refractivity contribution in [1.29, 1.82) is 0 Å². The molecule has 1 unspecified atom stereocenters. The molecule has 0 aromatic heterocycles. The van der Waals surface area contributed by atoms with Crippen molar-refractivity contribution in [3.63, 3.8) is 0 Å². The Hall–Kier alpha value is -0.530. The maximum Gasteiger partial charge on any atom is 0.0440 e. The summed E-state index contributed by atoms with van der Waals surface area (Å²) in [7, 11) is 0. The van der Waals surface area contributed by atoms with E-state index in [1.54, 1.807) is 0 Å². The third-order valence-corrected chi connectivity index (χ3v) is 3.56. The zero-order valence-corrected chi connectivity index (χ0v) is 12.8. The highest BCUT2D eigenvalue weighted by Crippen LogP contribution is 2.23. The Morgan fingerprint density at radius 2 is 2.00 bits per heavy atom. The monoisotopic (exact) mass is 267 g/mol. The van der Waals surface area contributed by atoms with E-state index >= 15 is 0 Å². The molecule has 2 heteroatoms. The van der Waals surface area contributed by atoms with Gasteiger partial charge in [-0.05, 0) is 61.9 Å². The second-order valence-electron chi connectivity index (χ2n) is 5.60. The van der Waals surface area contributed by atoms with Gasteiger partial charge >= 0.3 is 0 Å². The summed E-state index contributed by atoms with van der Waals surface area (Å²) in [5.41, 5.74) is 2.52. The van der Waals surface area contributed by atoms with Crippen LogP contribution in [0.25, 0.3) is 0 Å². The molecule has 1 nitrogen and oxygen atoms in total. The number of hydrogen-bond acceptors (Lipinski definition) is 1. The van der Waals surface area contributed by atoms with Gasteiger partial charge in [-0.1, -0.05) is 44.5 Å². The van der Waals surface area contributed by atoms with E-state index in [0.29, 0.717) is 5.92 Å². The van der Waals surface area contributed by atoms with Crippen molar-refractivity contribution in [1.82, 2.24) is 5.32 Å². The standard InChI is InChI=1S/C16H26ClN/c1-5-18-11-14(8-12(2)3)10-15-7-6-13(4)9-16(15)17/h6-7,9,12,14,18H,5,8,10-11H2,1-4H3. The highest BCUT2D eigenvalue weighted by Gasteiger charge is 2.13. The largest absolute Gasteiger partial charge is 0.317 e. The summed E-state index contributed by atoms with van der Waals surface area (Å²) in [5.74, 6) is 1.41. The number of rotatable bonds is 7. The van der Waals surface area contributed by atoms with Crippen molar-refractivity contribution in [3.8, 4) is 0 Å². The van der Waals surface area contributed by atoms with Gasteiger partial charge in [0.15, 0.2) is 0 Å². The summed E-state index contributed by atoms with van der Waals surface area (Å²) in [6.07, 6.45) is 2.32. The smallest absolute Gasteiger partial charge is 0.0440 e. The molecular formula is C16H26ClN. The minimum absolute atomic E-state index is 0.671. The van der Waals surface area contributed by atoms with Gasteiger partial charge in [0.05, 0.1) is 0 Å². The first-order valence-corrected chi connectivity index (χ1v) is 7.36. The fourth-order valence-corrected chi connectivity index (χ4v) is 2.70. The van der Waals surface area contributed by atoms with E-state index in [-0.39, 0.29) is 0 Å². The molecule has 1 N–H and O–H groups in total. The Kier molecular flexibility index (Phi) is 6.73. The molecule has 1 aromatic carbocycles. The van der Waals surface area contributed by atoms with Gasteiger partial charge in [0.25, 0.3) is 0 Å². The van der Waals surface area contributed by atoms with Gasteiger partial charge in [0, 0.05) is 5.02 Å². The van der Waals surface area contributed by atoms with Crippen LogP contribution in [0.3, 0.4) is 0 Å². The Balaban J connectivity index is 2.68. The van der Waals surface area contributed by atoms with Crippen LogP contribution in [0.2, 0.25) is 5.02 Å². The van der Waals surface area contributed by atoms with Gasteiger partial charge in [-0.2, -0.15) is 0 Å². The molecule has 0 saturated heterocycles. The average Bonchev–Trinajstić information content (AvgIpc) is 2.29. The van der Waals surface area contributed by atoms with Crippen LogP contribution >= 0.6 is 11.6 Å². The molecular weight excluding hydrogens is 242 g/mol. The maximum atomic E-state index is 6.32. The first kappa shape index (κ1) is 15.5. The summed E-state index contributed by atoms with van der Waals surface area (Å²) in [4.78, 5) is 0. The molecule has 0 bridgehead atoms. The summed E-state index contributed by atoms with van der Waals surface area (Å²) in [6, 6.07) is 6.40. The van der Waals surface area contributed by atoms with Gasteiger partial charge in [-0.3, -0.25) is 0 Å². The Morgan fingerprint density at radius 3 is 2.56 bits per heavy atom. The topological polar surface area (TPSA) is 12.0 Å². The predicted octanol–water partition coefficient (Wildman–Crippen LogP) is 4.46. The molecule has 0 fully saturated rings. The molecule has 1 rings (SSSR count). The van der Waals surface area contributed by atoms with Crippen LogP contribution in [0.5, 0.6) is 0 Å². The molecule has 102 valence electrons. The van der Waals surface area contributed by atoms with Crippen molar-refractivity contribution in [3.05, 3.63) is 34.3 Å². The number of hydrogen-bond donors (Lipinski definition) is 1. The van der Waals surface area contributed by atoms with Crippen LogP contribution in [0.15, 0.2) is 18.2 Å². The SMILES string of the molecule is CCNCC(Cc1ccc(C)cc1Cl)CC(C)C. The maximum absolute atomic E-state index is 6.32. The van der Waals surface area contributed by atoms with Crippen LogP contribution in [-0.4, -0.2) is 13.1 Å². The fourth-order valence-electron chi connectivity index (χ4n) is 2.38. The van der Waals surface area contributed by atoms with Crippen molar-refractivity contribution in [2.45, 2.75) is 40.5 Å². The van der Waals surface area contributed by atoms with Crippen molar-refractivity contribution >= 4 is 11.6 Å². The first-order chi connectivity index (χ1) is 8.52. The predicted molar refractivity (Wildman–Crippen MR) is 81.4 cm³/mol. The number of halogens is 1. The number of aryl methyl sites for hydroxylation is 1. The van der Waals surface area contributed by atoms with Gasteiger partial charge < -0.3 is 5.32 Å². The number of nitrogens with one attached hydrogen (secondary N) is 1. The van der Waals surface area contributed by atoms with Crippen LogP contribution in [0, 0.1) is 18.8 Å². The lowest BCUT2D eigenvalue weighted by atomic mass is 9.90. The Morgan fingerprint density at radius 1 is 1.28 bits per heavy atom. The van der Waals surface area contributed by atoms with Crippen LogP contribution in [0.1, 0.15) is 38.3 Å². The molecule has 0 amide bonds. The van der Waals surface area contributed by atoms with Crippen LogP contribution in [-0.2, 0) is 6.42 Å². The molecule has 0 heterocycles. The van der Waals surface area contributed by atoms with Gasteiger partial charge in [0.1, 0.15) is 0 Å². The quantitative estimate of drug-likeness (QED) is 0.769. The molecule has 0 aliphatic carbocycles. The molecule has 0 saturated carbocycles. The first-order valence-electron chi connectivity index (χ1n) is 6.98. The highest BCUT2D eigenvalue weighted by molar-refractivity contribution is 6.31. The lowest BCUT2D eigenvalue weighted by Crippen LogP contribution is -2.25. The third kappa shape index (κ3) is 5.41. The summed E-state index contributed by atoms with van der Waals surface area (Å²) >= 11 is 6.32. The highest BCUT2D eigenvalue weighted by atomic mass is 35.5. The second kappa shape index (κ2) is 7.81. The average molecular weight is 268 g/mol. The molecule has 1 atom stereocenters. The van der Waals surface area contributed by atoms with E-state index in [1.165, 1.54) is 17.5 Å². The molecule has 0 aliphatic heterocycles. The summed E-state index contributed by atoms with van der Waals surface area (Å²) in [5, 5.41) is 4.38. The molecule has 1 aromatic rings.